The molecule has 0 saturated heterocycles. The quantitative estimate of drug-likeness (QED) is 0.0272. The molecule has 3 atom stereocenters. The molecule has 3 rings (SSSR count). The number of aryl methyl sites for hydroxylation is 2. The lowest BCUT2D eigenvalue weighted by atomic mass is 9.86. The number of sulfone groups is 1. The lowest BCUT2D eigenvalue weighted by molar-refractivity contribution is -0.176. The van der Waals surface area contributed by atoms with E-state index < -0.39 is 50.6 Å². The van der Waals surface area contributed by atoms with E-state index in [0.717, 1.165) is 46.0 Å². The predicted octanol–water partition coefficient (Wildman–Crippen LogP) is 32.3. The molecule has 0 fully saturated rings. The molecule has 666 valence electrons. The van der Waals surface area contributed by atoms with Gasteiger partial charge in [-0.3, -0.25) is 14.4 Å². The number of benzene rings is 2. The van der Waals surface area contributed by atoms with Gasteiger partial charge in [-0.05, 0) is 127 Å². The Hall–Kier alpha value is -3.35. The number of allylic oxidation sites excluding steroid dienone is 4. The Labute approximate surface area is 690 Å². The Morgan fingerprint density at radius 3 is 1.04 bits per heavy atom. The van der Waals surface area contributed by atoms with Crippen molar-refractivity contribution < 1.29 is 50.0 Å². The van der Waals surface area contributed by atoms with Crippen LogP contribution in [0.4, 0.5) is 0 Å². The zero-order chi connectivity index (χ0) is 78.4. The fraction of sp³-hybridized carbons (Fsp3) is 0.789. The zero-order valence-electron chi connectivity index (χ0n) is 69.5. The topological polar surface area (TPSA) is 200 Å². The standard InChI is InChI=1S/C19H34O.C16H35O2P.2C9H20.C8H6O3S.C8H10.C6H10O5S.2C3H8.2C2H6.10CH4/c1-3-4-5-6-7-8-9-10-11-12-13-14-15-16-17-18-19(2)20;1-13(9-15(3,4)5)11-19(17,18)12-14(2)10-16(6,7)8;2*1-3-5-7-9-8-6-4-2;9-7-5-12(10,11)8-4-2-1-3-6(7)8;1-7-3-5-8(2)6-4-7;1-4(7)3-6(5(2)8)12(9,10)11;2*1-3-2;2*1-2;;;;;;;;;;/h7-8,10-11H,3-6,9,12-18H2,1-2H3;13-14H,9-12H2,1-8H3,(H,17,18);2*3-9H2,1-2H3;1-4H,5H2;3-6H,1-2H3;6H,3H2,1-2H3,(H,9,10,11);2*3H2,1-2H3;2*1-2H3;10*1H4/p-2/b8-7-,11-10-;;;;;;;;;;;;;;;;;;;;. The van der Waals surface area contributed by atoms with Crippen LogP contribution in [0.3, 0.4) is 0 Å². The summed E-state index contributed by atoms with van der Waals surface area (Å²) < 4.78 is 65.9. The van der Waals surface area contributed by atoms with Crippen molar-refractivity contribution in [2.75, 3.05) is 18.1 Å². The first-order valence-electron chi connectivity index (χ1n) is 39.2. The number of hydrogen-bond donors (Lipinski definition) is 0. The maximum absolute atomic E-state index is 12.3. The first-order valence-corrected chi connectivity index (χ1v) is 44.3. The molecule has 0 bridgehead atoms. The minimum absolute atomic E-state index is 0. The summed E-state index contributed by atoms with van der Waals surface area (Å²) in [5, 5.41) is -1.71. The molecule has 0 amide bonds. The average molecular weight is 1610 g/mol. The van der Waals surface area contributed by atoms with Gasteiger partial charge in [0.2, 0.25) is 0 Å². The lowest BCUT2D eigenvalue weighted by Crippen LogP contribution is -2.30. The highest BCUT2D eigenvalue weighted by molar-refractivity contribution is 7.92. The van der Waals surface area contributed by atoms with Crippen LogP contribution in [-0.2, 0) is 38.9 Å². The fourth-order valence-corrected chi connectivity index (χ4v) is 14.7. The normalized spacial score (nSPS) is 12.0. The van der Waals surface area contributed by atoms with E-state index in [4.69, 9.17) is 0 Å². The summed E-state index contributed by atoms with van der Waals surface area (Å²) in [4.78, 5) is 55.3. The van der Waals surface area contributed by atoms with Gasteiger partial charge in [-0.25, -0.2) is 16.8 Å². The Bertz CT molecular complexity index is 2410. The van der Waals surface area contributed by atoms with Crippen LogP contribution in [0.5, 0.6) is 0 Å². The maximum atomic E-state index is 12.3. The summed E-state index contributed by atoms with van der Waals surface area (Å²) in [6, 6.07) is 14.8. The van der Waals surface area contributed by atoms with E-state index in [0.29, 0.717) is 23.7 Å². The molecule has 0 spiro atoms. The van der Waals surface area contributed by atoms with Crippen LogP contribution >= 0.6 is 7.37 Å². The van der Waals surface area contributed by atoms with E-state index in [2.05, 4.69) is 180 Å². The van der Waals surface area contributed by atoms with Crippen LogP contribution in [0, 0.1) is 36.5 Å². The summed E-state index contributed by atoms with van der Waals surface area (Å²) in [5.41, 5.74) is 3.40. The number of Topliss-reactive ketones (excluding diaryl/α,β-unsaturated/α-hetero) is 4. The third-order valence-corrected chi connectivity index (χ3v) is 19.6. The Balaban J connectivity index is -0.0000000544. The molecule has 0 saturated carbocycles. The van der Waals surface area contributed by atoms with Gasteiger partial charge >= 0.3 is 0 Å². The summed E-state index contributed by atoms with van der Waals surface area (Å²) in [6.07, 6.45) is 48.2. The third kappa shape index (κ3) is 121. The fourth-order valence-electron chi connectivity index (χ4n) is 10.1. The molecule has 14 heteroatoms. The molecule has 11 nitrogen and oxygen atoms in total. The SMILES string of the molecule is C.C.C.C.C.C.C.C.C.C.CC.CC.CC(=O)CC(C(C)=O)S(=O)(=O)[O-].CC(CC(C)(C)C)CP(=O)([O-])CC(C)CC(C)(C)C.CCC.CCC.CCCCC/C=C\C/C=C\CCCCCCCC(C)=O.CCCCCCCCC.CCCCCCCCC.Cc1ccc(C)cc1.O=C1CS(=O)(=O)c2ccccc21. The van der Waals surface area contributed by atoms with Gasteiger partial charge in [-0.15, -0.1) is 0 Å². The Morgan fingerprint density at radius 2 is 0.771 bits per heavy atom. The molecular weight excluding hydrogens is 1410 g/mol. The van der Waals surface area contributed by atoms with Crippen LogP contribution in [0.2, 0.25) is 0 Å². The van der Waals surface area contributed by atoms with E-state index in [-0.39, 0.29) is 113 Å². The predicted molar refractivity (Wildman–Crippen MR) is 501 cm³/mol. The van der Waals surface area contributed by atoms with Crippen molar-refractivity contribution in [3.05, 3.63) is 89.5 Å². The summed E-state index contributed by atoms with van der Waals surface area (Å²) >= 11 is 0. The number of fused-ring (bicyclic) bond motifs is 1. The van der Waals surface area contributed by atoms with E-state index in [1.165, 1.54) is 178 Å². The van der Waals surface area contributed by atoms with Gasteiger partial charge in [0.25, 0.3) is 0 Å². The molecule has 1 aliphatic heterocycles. The minimum atomic E-state index is -4.68. The van der Waals surface area contributed by atoms with E-state index >= 15 is 0 Å². The number of unbranched alkanes of at least 4 members (excludes halogenated alkanes) is 20. The molecule has 1 heterocycles. The number of hydrogen-bond acceptors (Lipinski definition) is 11. The van der Waals surface area contributed by atoms with Gasteiger partial charge in [-0.1, -0.05) is 432 Å². The van der Waals surface area contributed by atoms with E-state index in [9.17, 15) is 50.0 Å². The van der Waals surface area contributed by atoms with Crippen LogP contribution < -0.4 is 4.89 Å². The van der Waals surface area contributed by atoms with Gasteiger partial charge in [0, 0.05) is 25.8 Å². The Morgan fingerprint density at radius 1 is 0.486 bits per heavy atom. The highest BCUT2D eigenvalue weighted by Crippen LogP contribution is 2.44. The number of rotatable bonds is 36. The molecule has 0 aliphatic carbocycles. The highest BCUT2D eigenvalue weighted by Gasteiger charge is 2.32. The van der Waals surface area contributed by atoms with Crippen molar-refractivity contribution in [2.24, 2.45) is 22.7 Å². The minimum Gasteiger partial charge on any atom is -0.799 e. The van der Waals surface area contributed by atoms with Crippen molar-refractivity contribution in [2.45, 2.75) is 463 Å². The van der Waals surface area contributed by atoms with Crippen molar-refractivity contribution >= 4 is 50.5 Å². The average Bonchev–Trinajstić information content (AvgIpc) is 1.64. The van der Waals surface area contributed by atoms with Crippen molar-refractivity contribution in [3.8, 4) is 0 Å². The molecular formula is C95H201O11PS2-2. The maximum Gasteiger partial charge on any atom is 0.186 e. The monoisotopic (exact) mass is 1610 g/mol. The Kier molecular flexibility index (Phi) is 139. The molecule has 3 unspecified atom stereocenters. The van der Waals surface area contributed by atoms with E-state index in [1.54, 1.807) is 25.1 Å². The molecule has 2 aromatic rings. The molecule has 2 aromatic carbocycles. The van der Waals surface area contributed by atoms with Gasteiger partial charge in [0.1, 0.15) is 38.5 Å². The molecule has 109 heavy (non-hydrogen) atoms. The van der Waals surface area contributed by atoms with Crippen LogP contribution in [0.25, 0.3) is 0 Å². The molecule has 0 N–H and O–H groups in total. The summed E-state index contributed by atoms with van der Waals surface area (Å²) in [5.74, 6) is -1.11. The molecule has 0 radical (unpaired) electrons. The second kappa shape index (κ2) is 101. The summed E-state index contributed by atoms with van der Waals surface area (Å²) in [7, 11) is -11.2. The number of ketones is 4. The summed E-state index contributed by atoms with van der Waals surface area (Å²) in [6.45, 7) is 52.9. The van der Waals surface area contributed by atoms with E-state index in [1.807, 2.05) is 27.7 Å². The van der Waals surface area contributed by atoms with Crippen LogP contribution in [-0.4, -0.2) is 67.8 Å². The largest absolute Gasteiger partial charge is 0.799 e. The van der Waals surface area contributed by atoms with Crippen molar-refractivity contribution in [3.63, 3.8) is 0 Å². The van der Waals surface area contributed by atoms with Crippen molar-refractivity contribution in [1.82, 2.24) is 0 Å². The van der Waals surface area contributed by atoms with Gasteiger partial charge in [0.15, 0.2) is 15.6 Å². The number of carbonyl (C=O) groups is 4. The third-order valence-electron chi connectivity index (χ3n) is 14.3. The first-order chi connectivity index (χ1) is 46.3. The van der Waals surface area contributed by atoms with Crippen LogP contribution in [0.1, 0.15) is 461 Å². The number of carbonyl (C=O) groups excluding carboxylic acids is 4. The van der Waals surface area contributed by atoms with Gasteiger partial charge < -0.3 is 18.8 Å². The van der Waals surface area contributed by atoms with Crippen molar-refractivity contribution in [1.29, 1.82) is 0 Å². The van der Waals surface area contributed by atoms with Gasteiger partial charge in [-0.2, -0.15) is 0 Å². The first kappa shape index (κ1) is 151. The smallest absolute Gasteiger partial charge is 0.186 e. The highest BCUT2D eigenvalue weighted by atomic mass is 32.2. The second-order valence-electron chi connectivity index (χ2n) is 28.9. The molecule has 1 aliphatic rings. The van der Waals surface area contributed by atoms with Gasteiger partial charge in [0.05, 0.1) is 4.90 Å². The van der Waals surface area contributed by atoms with Crippen LogP contribution in [0.15, 0.2) is 77.7 Å². The lowest BCUT2D eigenvalue weighted by Gasteiger charge is -2.33. The zero-order valence-corrected chi connectivity index (χ0v) is 72.0. The second-order valence-corrected chi connectivity index (χ2v) is 34.8. The molecule has 0 aromatic heterocycles.